The number of hydrogen-bond acceptors (Lipinski definition) is 2. The van der Waals surface area contributed by atoms with Crippen LogP contribution in [0.4, 0.5) is 0 Å². The molecule has 3 fully saturated rings. The van der Waals surface area contributed by atoms with Crippen molar-refractivity contribution >= 4 is 0 Å². The van der Waals surface area contributed by atoms with E-state index in [1.54, 1.807) is 0 Å². The molecule has 3 aliphatic rings. The number of hydrogen-bond donors (Lipinski definition) is 1. The van der Waals surface area contributed by atoms with Gasteiger partial charge in [-0.15, -0.1) is 0 Å². The molecule has 2 saturated carbocycles. The first-order chi connectivity index (χ1) is 5.40. The minimum atomic E-state index is 0.632. The van der Waals surface area contributed by atoms with Gasteiger partial charge in [-0.2, -0.15) is 0 Å². The summed E-state index contributed by atoms with van der Waals surface area (Å²) in [5, 5.41) is 0. The van der Waals surface area contributed by atoms with Gasteiger partial charge < -0.3 is 10.5 Å². The third-order valence-electron chi connectivity index (χ3n) is 3.86. The van der Waals surface area contributed by atoms with Crippen molar-refractivity contribution in [2.45, 2.75) is 18.9 Å². The first-order valence-corrected chi connectivity index (χ1v) is 4.72. The molecule has 1 heterocycles. The third-order valence-corrected chi connectivity index (χ3v) is 3.86. The fraction of sp³-hybridized carbons (Fsp3) is 1.00. The smallest absolute Gasteiger partial charge is 0.0609 e. The van der Waals surface area contributed by atoms with Gasteiger partial charge in [-0.1, -0.05) is 0 Å². The Bertz CT molecular complexity index is 182. The maximum Gasteiger partial charge on any atom is 0.0609 e. The zero-order valence-corrected chi connectivity index (χ0v) is 6.70. The van der Waals surface area contributed by atoms with Crippen molar-refractivity contribution in [3.05, 3.63) is 0 Å². The van der Waals surface area contributed by atoms with Crippen LogP contribution in [0.2, 0.25) is 0 Å². The molecule has 0 aromatic rings. The molecule has 11 heavy (non-hydrogen) atoms. The molecule has 0 spiro atoms. The zero-order valence-electron chi connectivity index (χ0n) is 6.70. The first kappa shape index (κ1) is 6.44. The second kappa shape index (κ2) is 1.99. The maximum absolute atomic E-state index is 5.75. The SMILES string of the molecule is NC[C@H]1C2CC2[C@@H]2C[C@H]1CO2. The van der Waals surface area contributed by atoms with Crippen molar-refractivity contribution in [1.29, 1.82) is 0 Å². The lowest BCUT2D eigenvalue weighted by Gasteiger charge is -2.24. The molecule has 2 bridgehead atoms. The first-order valence-electron chi connectivity index (χ1n) is 4.72. The van der Waals surface area contributed by atoms with E-state index in [1.165, 1.54) is 12.8 Å². The topological polar surface area (TPSA) is 35.2 Å². The Morgan fingerprint density at radius 2 is 2.18 bits per heavy atom. The largest absolute Gasteiger partial charge is 0.378 e. The van der Waals surface area contributed by atoms with Crippen molar-refractivity contribution in [3.8, 4) is 0 Å². The van der Waals surface area contributed by atoms with Gasteiger partial charge in [0, 0.05) is 0 Å². The van der Waals surface area contributed by atoms with Crippen molar-refractivity contribution in [3.63, 3.8) is 0 Å². The quantitative estimate of drug-likeness (QED) is 0.599. The molecule has 0 amide bonds. The van der Waals surface area contributed by atoms with E-state index >= 15 is 0 Å². The van der Waals surface area contributed by atoms with Crippen LogP contribution in [0.1, 0.15) is 12.8 Å². The molecule has 2 heteroatoms. The molecule has 3 rings (SSSR count). The second-order valence-corrected chi connectivity index (χ2v) is 4.33. The fourth-order valence-corrected chi connectivity index (χ4v) is 3.15. The van der Waals surface area contributed by atoms with E-state index in [0.717, 1.165) is 36.8 Å². The normalized spacial score (nSPS) is 59.2. The Labute approximate surface area is 67.1 Å². The van der Waals surface area contributed by atoms with E-state index < -0.39 is 0 Å². The van der Waals surface area contributed by atoms with Crippen LogP contribution in [0.3, 0.4) is 0 Å². The molecule has 0 radical (unpaired) electrons. The van der Waals surface area contributed by atoms with E-state index in [-0.39, 0.29) is 0 Å². The van der Waals surface area contributed by atoms with Gasteiger partial charge in [-0.25, -0.2) is 0 Å². The van der Waals surface area contributed by atoms with Crippen molar-refractivity contribution in [2.75, 3.05) is 13.2 Å². The van der Waals surface area contributed by atoms with E-state index in [1.807, 2.05) is 0 Å². The Kier molecular flexibility index (Phi) is 1.16. The van der Waals surface area contributed by atoms with Gasteiger partial charge in [0.2, 0.25) is 0 Å². The van der Waals surface area contributed by atoms with E-state index in [4.69, 9.17) is 10.5 Å². The predicted molar refractivity (Wildman–Crippen MR) is 42.0 cm³/mol. The molecule has 5 atom stereocenters. The molecule has 2 nitrogen and oxygen atoms in total. The third kappa shape index (κ3) is 0.744. The van der Waals surface area contributed by atoms with Crippen LogP contribution >= 0.6 is 0 Å². The molecule has 62 valence electrons. The highest BCUT2D eigenvalue weighted by Gasteiger charge is 2.57. The Hall–Kier alpha value is -0.0800. The Morgan fingerprint density at radius 1 is 1.27 bits per heavy atom. The van der Waals surface area contributed by atoms with Gasteiger partial charge >= 0.3 is 0 Å². The van der Waals surface area contributed by atoms with Gasteiger partial charge in [0.15, 0.2) is 0 Å². The lowest BCUT2D eigenvalue weighted by molar-refractivity contribution is 0.0932. The van der Waals surface area contributed by atoms with Gasteiger partial charge in [-0.05, 0) is 43.1 Å². The number of ether oxygens (including phenoxy) is 1. The summed E-state index contributed by atoms with van der Waals surface area (Å²) in [7, 11) is 0. The Morgan fingerprint density at radius 3 is 3.00 bits per heavy atom. The van der Waals surface area contributed by atoms with Crippen LogP contribution in [0.5, 0.6) is 0 Å². The Balaban J connectivity index is 1.85. The highest BCUT2D eigenvalue weighted by molar-refractivity contribution is 5.05. The summed E-state index contributed by atoms with van der Waals surface area (Å²) in [6.07, 6.45) is 3.35. The fourth-order valence-electron chi connectivity index (χ4n) is 3.15. The summed E-state index contributed by atoms with van der Waals surface area (Å²) in [5.41, 5.74) is 5.75. The average molecular weight is 153 g/mol. The maximum atomic E-state index is 5.75. The van der Waals surface area contributed by atoms with Crippen LogP contribution in [0.25, 0.3) is 0 Å². The average Bonchev–Trinajstić information content (AvgIpc) is 2.69. The monoisotopic (exact) mass is 153 g/mol. The number of nitrogens with two attached hydrogens (primary N) is 1. The minimum Gasteiger partial charge on any atom is -0.378 e. The predicted octanol–water partition coefficient (Wildman–Crippen LogP) is 0.616. The second-order valence-electron chi connectivity index (χ2n) is 4.33. The summed E-state index contributed by atoms with van der Waals surface area (Å²) >= 11 is 0. The molecule has 1 saturated heterocycles. The summed E-state index contributed by atoms with van der Waals surface area (Å²) in [5.74, 6) is 3.47. The summed E-state index contributed by atoms with van der Waals surface area (Å²) in [4.78, 5) is 0. The van der Waals surface area contributed by atoms with Gasteiger partial charge in [0.05, 0.1) is 12.7 Å². The van der Waals surface area contributed by atoms with E-state index in [0.29, 0.717) is 6.10 Å². The molecule has 2 aliphatic carbocycles. The van der Waals surface area contributed by atoms with Crippen LogP contribution in [-0.2, 0) is 4.74 Å². The zero-order chi connectivity index (χ0) is 7.42. The van der Waals surface area contributed by atoms with Gasteiger partial charge in [0.1, 0.15) is 0 Å². The molecular weight excluding hydrogens is 138 g/mol. The number of fused-ring (bicyclic) bond motifs is 4. The van der Waals surface area contributed by atoms with E-state index in [9.17, 15) is 0 Å². The van der Waals surface area contributed by atoms with Crippen molar-refractivity contribution < 1.29 is 4.74 Å². The van der Waals surface area contributed by atoms with Crippen molar-refractivity contribution in [1.82, 2.24) is 0 Å². The summed E-state index contributed by atoms with van der Waals surface area (Å²) in [6.45, 7) is 1.89. The molecule has 0 aromatic heterocycles. The van der Waals surface area contributed by atoms with Crippen molar-refractivity contribution in [2.24, 2.45) is 29.4 Å². The standard InChI is InChI=1S/C9H15NO/c10-3-8-5-1-9(11-4-5)7-2-6(7)8/h5-9H,1-4,10H2/t5-,6?,7?,8+,9-/m0/s1. The van der Waals surface area contributed by atoms with Gasteiger partial charge in [0.25, 0.3) is 0 Å². The van der Waals surface area contributed by atoms with Crippen LogP contribution in [0.15, 0.2) is 0 Å². The lowest BCUT2D eigenvalue weighted by atomic mass is 9.80. The minimum absolute atomic E-state index is 0.632. The highest BCUT2D eigenvalue weighted by atomic mass is 16.5. The summed E-state index contributed by atoms with van der Waals surface area (Å²) in [6, 6.07) is 0. The van der Waals surface area contributed by atoms with Crippen LogP contribution < -0.4 is 5.73 Å². The molecule has 1 aliphatic heterocycles. The highest BCUT2D eigenvalue weighted by Crippen LogP contribution is 2.58. The van der Waals surface area contributed by atoms with E-state index in [2.05, 4.69) is 0 Å². The van der Waals surface area contributed by atoms with Gasteiger partial charge in [-0.3, -0.25) is 0 Å². The molecular formula is C9H15NO. The molecule has 2 N–H and O–H groups in total. The summed E-state index contributed by atoms with van der Waals surface area (Å²) < 4.78 is 5.71. The lowest BCUT2D eigenvalue weighted by Crippen LogP contribution is -2.30. The molecule has 0 aromatic carbocycles. The number of rotatable bonds is 1. The van der Waals surface area contributed by atoms with Crippen LogP contribution in [0, 0.1) is 23.7 Å². The molecule has 2 unspecified atom stereocenters. The van der Waals surface area contributed by atoms with Crippen LogP contribution in [-0.4, -0.2) is 19.3 Å².